The van der Waals surface area contributed by atoms with E-state index in [2.05, 4.69) is 5.32 Å². The number of hydrogen-bond acceptors (Lipinski definition) is 2. The Morgan fingerprint density at radius 1 is 1.50 bits per heavy atom. The molecule has 1 fully saturated rings. The zero-order chi connectivity index (χ0) is 10.6. The standard InChI is InChI=1S/C10H20F2N2/c1-10(11,12)8-14(2)7-9-4-3-5-13-6-9/h9,13H,3-8H2,1-2H3. The van der Waals surface area contributed by atoms with Gasteiger partial charge < -0.3 is 10.2 Å². The molecule has 1 heterocycles. The van der Waals surface area contributed by atoms with Crippen molar-refractivity contribution in [2.45, 2.75) is 25.7 Å². The van der Waals surface area contributed by atoms with Crippen molar-refractivity contribution in [1.29, 1.82) is 0 Å². The van der Waals surface area contributed by atoms with E-state index in [0.29, 0.717) is 5.92 Å². The first-order valence-corrected chi connectivity index (χ1v) is 5.24. The smallest absolute Gasteiger partial charge is 0.257 e. The molecule has 0 saturated carbocycles. The van der Waals surface area contributed by atoms with Gasteiger partial charge in [-0.05, 0) is 38.9 Å². The van der Waals surface area contributed by atoms with Gasteiger partial charge in [-0.15, -0.1) is 0 Å². The first-order valence-electron chi connectivity index (χ1n) is 5.24. The lowest BCUT2D eigenvalue weighted by atomic mass is 9.99. The molecule has 0 aromatic carbocycles. The van der Waals surface area contributed by atoms with Crippen LogP contribution in [0.1, 0.15) is 19.8 Å². The van der Waals surface area contributed by atoms with Crippen LogP contribution in [0, 0.1) is 5.92 Å². The van der Waals surface area contributed by atoms with Crippen molar-refractivity contribution in [3.63, 3.8) is 0 Å². The Bertz CT molecular complexity index is 162. The van der Waals surface area contributed by atoms with E-state index < -0.39 is 5.92 Å². The van der Waals surface area contributed by atoms with Gasteiger partial charge >= 0.3 is 0 Å². The highest BCUT2D eigenvalue weighted by molar-refractivity contribution is 4.73. The number of nitrogens with one attached hydrogen (secondary N) is 1. The molecule has 0 aliphatic carbocycles. The van der Waals surface area contributed by atoms with Crippen molar-refractivity contribution in [1.82, 2.24) is 10.2 Å². The lowest BCUT2D eigenvalue weighted by molar-refractivity contribution is -0.0116. The molecule has 1 aliphatic rings. The van der Waals surface area contributed by atoms with Crippen molar-refractivity contribution < 1.29 is 8.78 Å². The maximum absolute atomic E-state index is 12.7. The van der Waals surface area contributed by atoms with Gasteiger partial charge in [0.15, 0.2) is 0 Å². The number of hydrogen-bond donors (Lipinski definition) is 1. The Morgan fingerprint density at radius 2 is 2.21 bits per heavy atom. The van der Waals surface area contributed by atoms with Crippen LogP contribution >= 0.6 is 0 Å². The van der Waals surface area contributed by atoms with E-state index in [-0.39, 0.29) is 6.54 Å². The lowest BCUT2D eigenvalue weighted by Gasteiger charge is -2.28. The van der Waals surface area contributed by atoms with Gasteiger partial charge in [0, 0.05) is 13.5 Å². The second-order valence-corrected chi connectivity index (χ2v) is 4.48. The summed E-state index contributed by atoms with van der Waals surface area (Å²) in [6, 6.07) is 0. The molecule has 14 heavy (non-hydrogen) atoms. The van der Waals surface area contributed by atoms with Gasteiger partial charge in [-0.1, -0.05) is 0 Å². The maximum atomic E-state index is 12.7. The van der Waals surface area contributed by atoms with Crippen LogP contribution in [0.3, 0.4) is 0 Å². The zero-order valence-electron chi connectivity index (χ0n) is 9.02. The Balaban J connectivity index is 2.21. The third-order valence-corrected chi connectivity index (χ3v) is 2.52. The van der Waals surface area contributed by atoms with Gasteiger partial charge in [0.2, 0.25) is 0 Å². The van der Waals surface area contributed by atoms with E-state index >= 15 is 0 Å². The van der Waals surface area contributed by atoms with Crippen molar-refractivity contribution in [3.05, 3.63) is 0 Å². The highest BCUT2D eigenvalue weighted by Gasteiger charge is 2.25. The molecule has 0 bridgehead atoms. The molecule has 1 aliphatic heterocycles. The molecule has 2 nitrogen and oxygen atoms in total. The quantitative estimate of drug-likeness (QED) is 0.751. The number of rotatable bonds is 4. The fourth-order valence-electron chi connectivity index (χ4n) is 2.06. The minimum Gasteiger partial charge on any atom is -0.316 e. The maximum Gasteiger partial charge on any atom is 0.257 e. The highest BCUT2D eigenvalue weighted by atomic mass is 19.3. The molecule has 1 saturated heterocycles. The Kier molecular flexibility index (Phi) is 4.26. The average Bonchev–Trinajstić information content (AvgIpc) is 2.02. The molecular weight excluding hydrogens is 186 g/mol. The Morgan fingerprint density at radius 3 is 2.71 bits per heavy atom. The largest absolute Gasteiger partial charge is 0.316 e. The molecule has 1 atom stereocenters. The SMILES string of the molecule is CN(CC1CCCNC1)CC(C)(F)F. The first kappa shape index (κ1) is 11.9. The van der Waals surface area contributed by atoms with E-state index in [1.54, 1.807) is 11.9 Å². The van der Waals surface area contributed by atoms with Crippen LogP contribution in [0.15, 0.2) is 0 Å². The van der Waals surface area contributed by atoms with Gasteiger partial charge in [0.25, 0.3) is 5.92 Å². The van der Waals surface area contributed by atoms with Crippen LogP contribution in [0.25, 0.3) is 0 Å². The molecule has 1 N–H and O–H groups in total. The summed E-state index contributed by atoms with van der Waals surface area (Å²) in [5, 5.41) is 3.29. The van der Waals surface area contributed by atoms with E-state index in [1.807, 2.05) is 0 Å². The monoisotopic (exact) mass is 206 g/mol. The van der Waals surface area contributed by atoms with E-state index in [1.165, 1.54) is 6.42 Å². The van der Waals surface area contributed by atoms with E-state index in [9.17, 15) is 8.78 Å². The minimum atomic E-state index is -2.57. The van der Waals surface area contributed by atoms with Gasteiger partial charge in [-0.25, -0.2) is 8.78 Å². The van der Waals surface area contributed by atoms with Crippen molar-refractivity contribution in [2.24, 2.45) is 5.92 Å². The van der Waals surface area contributed by atoms with Crippen LogP contribution in [0.4, 0.5) is 8.78 Å². The second-order valence-electron chi connectivity index (χ2n) is 4.48. The minimum absolute atomic E-state index is 0.135. The normalized spacial score (nSPS) is 24.2. The number of nitrogens with zero attached hydrogens (tertiary/aromatic N) is 1. The molecule has 1 rings (SSSR count). The van der Waals surface area contributed by atoms with Crippen LogP contribution in [-0.2, 0) is 0 Å². The van der Waals surface area contributed by atoms with Crippen molar-refractivity contribution in [2.75, 3.05) is 33.2 Å². The lowest BCUT2D eigenvalue weighted by Crippen LogP contribution is -2.40. The summed E-state index contributed by atoms with van der Waals surface area (Å²) >= 11 is 0. The van der Waals surface area contributed by atoms with Crippen molar-refractivity contribution >= 4 is 0 Å². The molecule has 84 valence electrons. The predicted molar refractivity (Wildman–Crippen MR) is 53.7 cm³/mol. The molecular formula is C10H20F2N2. The van der Waals surface area contributed by atoms with Crippen LogP contribution in [-0.4, -0.2) is 44.0 Å². The van der Waals surface area contributed by atoms with Crippen LogP contribution < -0.4 is 5.32 Å². The number of halogens is 2. The van der Waals surface area contributed by atoms with Gasteiger partial charge in [-0.3, -0.25) is 0 Å². The summed E-state index contributed by atoms with van der Waals surface area (Å²) in [6.07, 6.45) is 2.33. The Hall–Kier alpha value is -0.220. The van der Waals surface area contributed by atoms with Gasteiger partial charge in [-0.2, -0.15) is 0 Å². The molecule has 1 unspecified atom stereocenters. The molecule has 0 amide bonds. The highest BCUT2D eigenvalue weighted by Crippen LogP contribution is 2.16. The fraction of sp³-hybridized carbons (Fsp3) is 1.00. The predicted octanol–water partition coefficient (Wildman–Crippen LogP) is 1.57. The summed E-state index contributed by atoms with van der Waals surface area (Å²) < 4.78 is 25.3. The summed E-state index contributed by atoms with van der Waals surface area (Å²) in [5.41, 5.74) is 0. The van der Waals surface area contributed by atoms with Crippen molar-refractivity contribution in [3.8, 4) is 0 Å². The number of alkyl halides is 2. The molecule has 0 radical (unpaired) electrons. The first-order chi connectivity index (χ1) is 6.47. The Labute approximate surface area is 84.7 Å². The zero-order valence-corrected chi connectivity index (χ0v) is 9.02. The topological polar surface area (TPSA) is 15.3 Å². The summed E-state index contributed by atoms with van der Waals surface area (Å²) in [6.45, 7) is 3.66. The molecule has 0 spiro atoms. The third-order valence-electron chi connectivity index (χ3n) is 2.52. The molecule has 0 aromatic heterocycles. The third kappa shape index (κ3) is 4.86. The second kappa shape index (κ2) is 5.03. The van der Waals surface area contributed by atoms with Crippen LogP contribution in [0.5, 0.6) is 0 Å². The van der Waals surface area contributed by atoms with E-state index in [0.717, 1.165) is 33.0 Å². The summed E-state index contributed by atoms with van der Waals surface area (Å²) in [7, 11) is 1.77. The van der Waals surface area contributed by atoms with Gasteiger partial charge in [0.05, 0.1) is 6.54 Å². The fourth-order valence-corrected chi connectivity index (χ4v) is 2.06. The molecule has 0 aromatic rings. The van der Waals surface area contributed by atoms with Gasteiger partial charge in [0.1, 0.15) is 0 Å². The average molecular weight is 206 g/mol. The summed E-state index contributed by atoms with van der Waals surface area (Å²) in [4.78, 5) is 1.73. The summed E-state index contributed by atoms with van der Waals surface area (Å²) in [5.74, 6) is -2.03. The van der Waals surface area contributed by atoms with E-state index in [4.69, 9.17) is 0 Å². The molecule has 4 heteroatoms. The number of piperidine rings is 1. The van der Waals surface area contributed by atoms with Crippen LogP contribution in [0.2, 0.25) is 0 Å².